The highest BCUT2D eigenvalue weighted by atomic mass is 16.5. The van der Waals surface area contributed by atoms with E-state index in [0.29, 0.717) is 23.2 Å². The molecule has 0 amide bonds. The molecule has 126 valence electrons. The van der Waals surface area contributed by atoms with Gasteiger partial charge in [-0.2, -0.15) is 0 Å². The van der Waals surface area contributed by atoms with Crippen LogP contribution < -0.4 is 9.47 Å². The molecule has 2 unspecified atom stereocenters. The summed E-state index contributed by atoms with van der Waals surface area (Å²) < 4.78 is 17.2. The number of rotatable bonds is 4. The number of fused-ring (bicyclic) bond motifs is 1. The molecule has 3 rings (SSSR count). The van der Waals surface area contributed by atoms with Crippen LogP contribution in [0.4, 0.5) is 5.95 Å². The fourth-order valence-corrected chi connectivity index (χ4v) is 2.84. The van der Waals surface area contributed by atoms with E-state index < -0.39 is 17.9 Å². The van der Waals surface area contributed by atoms with Crippen molar-refractivity contribution in [3.8, 4) is 11.5 Å². The second-order valence-corrected chi connectivity index (χ2v) is 5.23. The summed E-state index contributed by atoms with van der Waals surface area (Å²) in [5.41, 5.74) is 1.31. The molecule has 1 aliphatic rings. The van der Waals surface area contributed by atoms with Crippen LogP contribution in [0.25, 0.3) is 0 Å². The van der Waals surface area contributed by atoms with Crippen molar-refractivity contribution in [3.63, 3.8) is 0 Å². The predicted molar refractivity (Wildman–Crippen MR) is 83.8 cm³/mol. The predicted octanol–water partition coefficient (Wildman–Crippen LogP) is 1.17. The van der Waals surface area contributed by atoms with Gasteiger partial charge >= 0.3 is 5.97 Å². The maximum Gasteiger partial charge on any atom is 0.316 e. The molecular weight excluding hydrogens is 314 g/mol. The van der Waals surface area contributed by atoms with Gasteiger partial charge in [0.1, 0.15) is 23.5 Å². The van der Waals surface area contributed by atoms with Crippen LogP contribution in [-0.4, -0.2) is 53.2 Å². The van der Waals surface area contributed by atoms with Gasteiger partial charge in [-0.05, 0) is 29.5 Å². The quantitative estimate of drug-likeness (QED) is 0.775. The second kappa shape index (κ2) is 6.26. The number of hydrogen-bond donors (Lipinski definition) is 0. The number of tetrazole rings is 1. The third-order valence-electron chi connectivity index (χ3n) is 4.00. The Kier molecular flexibility index (Phi) is 4.15. The monoisotopic (exact) mass is 331 g/mol. The number of benzene rings is 1. The molecule has 24 heavy (non-hydrogen) atoms. The van der Waals surface area contributed by atoms with Gasteiger partial charge in [0, 0.05) is 17.3 Å². The van der Waals surface area contributed by atoms with Crippen molar-refractivity contribution in [2.45, 2.75) is 13.0 Å². The van der Waals surface area contributed by atoms with Crippen LogP contribution in [-0.2, 0) is 9.53 Å². The zero-order valence-corrected chi connectivity index (χ0v) is 13.8. The average molecular weight is 331 g/mol. The van der Waals surface area contributed by atoms with E-state index in [1.54, 1.807) is 33.3 Å². The Hall–Kier alpha value is -2.97. The van der Waals surface area contributed by atoms with Gasteiger partial charge in [0.25, 0.3) is 5.95 Å². The lowest BCUT2D eigenvalue weighted by Gasteiger charge is -2.29. The number of methoxy groups -OCH3 is 3. The lowest BCUT2D eigenvalue weighted by molar-refractivity contribution is -0.144. The summed E-state index contributed by atoms with van der Waals surface area (Å²) in [5, 5.41) is 11.5. The van der Waals surface area contributed by atoms with Crippen LogP contribution in [0.5, 0.6) is 11.5 Å². The van der Waals surface area contributed by atoms with Crippen molar-refractivity contribution in [2.24, 2.45) is 10.9 Å². The topological polar surface area (TPSA) is 101 Å². The number of esters is 1. The van der Waals surface area contributed by atoms with E-state index in [0.717, 1.165) is 5.56 Å². The minimum atomic E-state index is -0.659. The standard InChI is InChI=1S/C15H17N5O4/c1-8-12(14(21)24-4)13(20-15(16-8)17-18-19-20)10-6-5-9(22-2)7-11(10)23-3/h5-7,12-13H,1-4H3. The summed E-state index contributed by atoms with van der Waals surface area (Å²) in [6.45, 7) is 1.75. The zero-order valence-electron chi connectivity index (χ0n) is 13.8. The molecule has 0 radical (unpaired) electrons. The molecule has 0 aliphatic carbocycles. The van der Waals surface area contributed by atoms with Crippen molar-refractivity contribution in [2.75, 3.05) is 21.3 Å². The van der Waals surface area contributed by atoms with Crippen molar-refractivity contribution in [1.82, 2.24) is 20.2 Å². The van der Waals surface area contributed by atoms with E-state index in [2.05, 4.69) is 20.5 Å². The van der Waals surface area contributed by atoms with Crippen molar-refractivity contribution in [1.29, 1.82) is 0 Å². The molecule has 9 heteroatoms. The summed E-state index contributed by atoms with van der Waals surface area (Å²) >= 11 is 0. The molecule has 0 N–H and O–H groups in total. The summed E-state index contributed by atoms with van der Waals surface area (Å²) in [6.07, 6.45) is 0. The average Bonchev–Trinajstić information content (AvgIpc) is 3.07. The number of aromatic nitrogens is 4. The van der Waals surface area contributed by atoms with E-state index in [4.69, 9.17) is 14.2 Å². The lowest BCUT2D eigenvalue weighted by Crippen LogP contribution is -2.36. The molecule has 2 heterocycles. The van der Waals surface area contributed by atoms with Crippen LogP contribution in [0.3, 0.4) is 0 Å². The first-order chi connectivity index (χ1) is 11.6. The number of nitrogens with zero attached hydrogens (tertiary/aromatic N) is 5. The van der Waals surface area contributed by atoms with Gasteiger partial charge in [-0.3, -0.25) is 4.79 Å². The van der Waals surface area contributed by atoms with Gasteiger partial charge in [0.15, 0.2) is 0 Å². The Bertz CT molecular complexity index is 801. The molecule has 0 bridgehead atoms. The molecule has 1 aromatic heterocycles. The molecule has 0 spiro atoms. The molecular formula is C15H17N5O4. The molecule has 1 aliphatic heterocycles. The SMILES string of the molecule is COC(=O)C1C(C)=Nc2nnnn2C1c1ccc(OC)cc1OC. The maximum atomic E-state index is 12.4. The third kappa shape index (κ3) is 2.47. The van der Waals surface area contributed by atoms with Gasteiger partial charge in [0.05, 0.1) is 21.3 Å². The largest absolute Gasteiger partial charge is 0.497 e. The van der Waals surface area contributed by atoms with Gasteiger partial charge in [-0.15, -0.1) is 0 Å². The number of carbonyl (C=O) groups is 1. The molecule has 1 aromatic carbocycles. The summed E-state index contributed by atoms with van der Waals surface area (Å²) in [6, 6.07) is 4.83. The molecule has 0 saturated carbocycles. The maximum absolute atomic E-state index is 12.4. The first-order valence-electron chi connectivity index (χ1n) is 7.23. The molecule has 2 atom stereocenters. The lowest BCUT2D eigenvalue weighted by atomic mass is 9.88. The first-order valence-corrected chi connectivity index (χ1v) is 7.23. The van der Waals surface area contributed by atoms with Gasteiger partial charge in [0.2, 0.25) is 0 Å². The van der Waals surface area contributed by atoms with Crippen LogP contribution >= 0.6 is 0 Å². The fraction of sp³-hybridized carbons (Fsp3) is 0.400. The van der Waals surface area contributed by atoms with Gasteiger partial charge < -0.3 is 14.2 Å². The molecule has 2 aromatic rings. The Morgan fingerprint density at radius 2 is 2.00 bits per heavy atom. The zero-order chi connectivity index (χ0) is 17.3. The molecule has 0 saturated heterocycles. The Balaban J connectivity index is 2.19. The van der Waals surface area contributed by atoms with E-state index >= 15 is 0 Å². The fourth-order valence-electron chi connectivity index (χ4n) is 2.84. The highest BCUT2D eigenvalue weighted by Gasteiger charge is 2.41. The van der Waals surface area contributed by atoms with Crippen molar-refractivity contribution >= 4 is 17.6 Å². The minimum Gasteiger partial charge on any atom is -0.497 e. The van der Waals surface area contributed by atoms with E-state index in [9.17, 15) is 4.79 Å². The second-order valence-electron chi connectivity index (χ2n) is 5.23. The Labute approximate surface area is 138 Å². The summed E-state index contributed by atoms with van der Waals surface area (Å²) in [7, 11) is 4.46. The smallest absolute Gasteiger partial charge is 0.316 e. The molecule has 0 fully saturated rings. The van der Waals surface area contributed by atoms with Gasteiger partial charge in [-0.25, -0.2) is 9.67 Å². The van der Waals surface area contributed by atoms with Gasteiger partial charge in [-0.1, -0.05) is 5.10 Å². The van der Waals surface area contributed by atoms with Crippen molar-refractivity contribution < 1.29 is 19.0 Å². The first kappa shape index (κ1) is 15.9. The van der Waals surface area contributed by atoms with E-state index in [1.807, 2.05) is 6.07 Å². The van der Waals surface area contributed by atoms with Crippen LogP contribution in [0.1, 0.15) is 18.5 Å². The van der Waals surface area contributed by atoms with Crippen LogP contribution in [0.2, 0.25) is 0 Å². The van der Waals surface area contributed by atoms with E-state index in [-0.39, 0.29) is 0 Å². The third-order valence-corrected chi connectivity index (χ3v) is 4.00. The van der Waals surface area contributed by atoms with Crippen molar-refractivity contribution in [3.05, 3.63) is 23.8 Å². The Morgan fingerprint density at radius 3 is 2.67 bits per heavy atom. The number of hydrogen-bond acceptors (Lipinski definition) is 8. The molecule has 9 nitrogen and oxygen atoms in total. The van der Waals surface area contributed by atoms with Crippen LogP contribution in [0.15, 0.2) is 23.2 Å². The number of aliphatic imine (C=N–C) groups is 1. The highest BCUT2D eigenvalue weighted by Crippen LogP contribution is 2.40. The number of ether oxygens (including phenoxy) is 3. The minimum absolute atomic E-state index is 0.329. The van der Waals surface area contributed by atoms with E-state index in [1.165, 1.54) is 11.8 Å². The summed E-state index contributed by atoms with van der Waals surface area (Å²) in [5.74, 6) is 0.455. The highest BCUT2D eigenvalue weighted by molar-refractivity contribution is 6.03. The van der Waals surface area contributed by atoms with Crippen LogP contribution in [0, 0.1) is 5.92 Å². The number of carbonyl (C=O) groups excluding carboxylic acids is 1. The normalized spacial score (nSPS) is 19.2. The Morgan fingerprint density at radius 1 is 1.21 bits per heavy atom. The summed E-state index contributed by atoms with van der Waals surface area (Å²) in [4.78, 5) is 16.7.